The van der Waals surface area contributed by atoms with Crippen LogP contribution in [0.3, 0.4) is 0 Å². The van der Waals surface area contributed by atoms with E-state index in [1.807, 2.05) is 0 Å². The number of halogens is 1. The maximum atomic E-state index is 12.2. The number of amides is 3. The van der Waals surface area contributed by atoms with Crippen LogP contribution in [0.1, 0.15) is 5.56 Å². The molecule has 0 aromatic heterocycles. The number of hydrogen-bond donors (Lipinski definition) is 2. The first-order chi connectivity index (χ1) is 13.5. The molecule has 3 rings (SSSR count). The van der Waals surface area contributed by atoms with E-state index in [0.29, 0.717) is 27.8 Å². The Hall–Kier alpha value is -2.97. The van der Waals surface area contributed by atoms with Gasteiger partial charge in [0.2, 0.25) is 0 Å². The summed E-state index contributed by atoms with van der Waals surface area (Å²) < 4.78 is 10.8. The average Bonchev–Trinajstić information content (AvgIpc) is 2.98. The minimum Gasteiger partial charge on any atom is -0.495 e. The number of para-hydroxylation sites is 2. The van der Waals surface area contributed by atoms with E-state index in [1.165, 1.54) is 13.2 Å². The van der Waals surface area contributed by atoms with Gasteiger partial charge in [-0.2, -0.15) is 0 Å². The number of hydrogen-bond acceptors (Lipinski definition) is 6. The van der Waals surface area contributed by atoms with Crippen LogP contribution in [0.4, 0.5) is 10.5 Å². The highest BCUT2D eigenvalue weighted by Crippen LogP contribution is 2.31. The molecule has 0 aliphatic carbocycles. The number of carbonyl (C=O) groups is 3. The Morgan fingerprint density at radius 1 is 1.21 bits per heavy atom. The number of methoxy groups -OCH3 is 1. The number of thioether (sulfide) groups is 1. The van der Waals surface area contributed by atoms with Crippen molar-refractivity contribution in [3.63, 3.8) is 0 Å². The summed E-state index contributed by atoms with van der Waals surface area (Å²) in [6.07, 6.45) is 1.49. The third-order valence-corrected chi connectivity index (χ3v) is 4.69. The number of carbonyl (C=O) groups excluding carboxylic acids is 3. The third-order valence-electron chi connectivity index (χ3n) is 3.64. The number of ether oxygens (including phenoxy) is 2. The fourth-order valence-corrected chi connectivity index (χ4v) is 3.26. The van der Waals surface area contributed by atoms with Crippen LogP contribution in [0, 0.1) is 0 Å². The van der Waals surface area contributed by atoms with Gasteiger partial charge in [0, 0.05) is 10.6 Å². The van der Waals surface area contributed by atoms with E-state index in [9.17, 15) is 14.4 Å². The average molecular weight is 419 g/mol. The molecule has 9 heteroatoms. The summed E-state index contributed by atoms with van der Waals surface area (Å²) in [6, 6.07) is 11.8. The molecule has 28 heavy (non-hydrogen) atoms. The standard InChI is InChI=1S/C19H15ClN2O5S/c1-26-15-5-3-2-4-13(15)21-17(23)10-27-14-7-6-12(20)8-11(14)9-16-18(24)22-19(25)28-16/h2-9H,10H2,1H3,(H,21,23)(H,22,24,25)/b16-9-. The van der Waals surface area contributed by atoms with Gasteiger partial charge in [0.25, 0.3) is 17.1 Å². The van der Waals surface area contributed by atoms with Crippen LogP contribution in [0.5, 0.6) is 11.5 Å². The van der Waals surface area contributed by atoms with E-state index >= 15 is 0 Å². The van der Waals surface area contributed by atoms with Crippen molar-refractivity contribution in [1.29, 1.82) is 0 Å². The predicted octanol–water partition coefficient (Wildman–Crippen LogP) is 3.69. The summed E-state index contributed by atoms with van der Waals surface area (Å²) in [5.74, 6) is -0.00224. The maximum Gasteiger partial charge on any atom is 0.290 e. The molecule has 0 saturated carbocycles. The molecule has 0 bridgehead atoms. The molecule has 7 nitrogen and oxygen atoms in total. The fraction of sp³-hybridized carbons (Fsp3) is 0.105. The monoisotopic (exact) mass is 418 g/mol. The molecule has 2 aromatic rings. The molecular weight excluding hydrogens is 404 g/mol. The van der Waals surface area contributed by atoms with Crippen molar-refractivity contribution in [2.45, 2.75) is 0 Å². The highest BCUT2D eigenvalue weighted by atomic mass is 35.5. The quantitative estimate of drug-likeness (QED) is 0.695. The number of imide groups is 1. The molecule has 0 spiro atoms. The zero-order valence-electron chi connectivity index (χ0n) is 14.7. The molecule has 1 saturated heterocycles. The van der Waals surface area contributed by atoms with Gasteiger partial charge in [0.15, 0.2) is 6.61 Å². The Balaban J connectivity index is 1.72. The van der Waals surface area contributed by atoms with E-state index in [0.717, 1.165) is 11.8 Å². The third kappa shape index (κ3) is 4.85. The molecule has 1 aliphatic heterocycles. The van der Waals surface area contributed by atoms with Crippen LogP contribution in [0.15, 0.2) is 47.4 Å². The molecule has 2 N–H and O–H groups in total. The number of rotatable bonds is 6. The van der Waals surface area contributed by atoms with Gasteiger partial charge < -0.3 is 14.8 Å². The van der Waals surface area contributed by atoms with Gasteiger partial charge in [-0.1, -0.05) is 23.7 Å². The molecule has 1 fully saturated rings. The Bertz CT molecular complexity index is 977. The van der Waals surface area contributed by atoms with Gasteiger partial charge in [-0.05, 0) is 48.2 Å². The van der Waals surface area contributed by atoms with Crippen molar-refractivity contribution in [3.8, 4) is 11.5 Å². The van der Waals surface area contributed by atoms with Gasteiger partial charge in [0.05, 0.1) is 17.7 Å². The Morgan fingerprint density at radius 3 is 2.71 bits per heavy atom. The Morgan fingerprint density at radius 2 is 2.00 bits per heavy atom. The van der Waals surface area contributed by atoms with Crippen molar-refractivity contribution in [2.75, 3.05) is 19.0 Å². The first-order valence-corrected chi connectivity index (χ1v) is 9.26. The summed E-state index contributed by atoms with van der Waals surface area (Å²) in [4.78, 5) is 35.5. The van der Waals surface area contributed by atoms with Crippen LogP contribution in [0.25, 0.3) is 6.08 Å². The Labute approximate surface area is 170 Å². The fourth-order valence-electron chi connectivity index (χ4n) is 2.40. The van der Waals surface area contributed by atoms with Crippen LogP contribution < -0.4 is 20.1 Å². The van der Waals surface area contributed by atoms with Crippen LogP contribution in [-0.2, 0) is 9.59 Å². The molecule has 0 atom stereocenters. The Kier molecular flexibility index (Phi) is 6.23. The summed E-state index contributed by atoms with van der Waals surface area (Å²) >= 11 is 6.80. The smallest absolute Gasteiger partial charge is 0.290 e. The van der Waals surface area contributed by atoms with E-state index in [-0.39, 0.29) is 17.4 Å². The lowest BCUT2D eigenvalue weighted by Crippen LogP contribution is -2.20. The van der Waals surface area contributed by atoms with Crippen LogP contribution in [-0.4, -0.2) is 30.8 Å². The second-order valence-electron chi connectivity index (χ2n) is 5.57. The summed E-state index contributed by atoms with van der Waals surface area (Å²) in [7, 11) is 1.51. The van der Waals surface area contributed by atoms with Crippen LogP contribution >= 0.6 is 23.4 Å². The molecule has 1 aliphatic rings. The zero-order chi connectivity index (χ0) is 20.1. The van der Waals surface area contributed by atoms with Crippen molar-refractivity contribution >= 4 is 52.2 Å². The molecular formula is C19H15ClN2O5S. The van der Waals surface area contributed by atoms with Crippen molar-refractivity contribution in [1.82, 2.24) is 5.32 Å². The van der Waals surface area contributed by atoms with Crippen molar-refractivity contribution in [2.24, 2.45) is 0 Å². The molecule has 0 unspecified atom stereocenters. The molecule has 1 heterocycles. The maximum absolute atomic E-state index is 12.2. The lowest BCUT2D eigenvalue weighted by molar-refractivity contribution is -0.118. The van der Waals surface area contributed by atoms with Gasteiger partial charge >= 0.3 is 0 Å². The molecule has 2 aromatic carbocycles. The minimum absolute atomic E-state index is 0.218. The molecule has 3 amide bonds. The van der Waals surface area contributed by atoms with E-state index < -0.39 is 11.1 Å². The van der Waals surface area contributed by atoms with E-state index in [4.69, 9.17) is 21.1 Å². The normalized spacial score (nSPS) is 14.7. The van der Waals surface area contributed by atoms with Crippen molar-refractivity contribution in [3.05, 3.63) is 58.0 Å². The molecule has 144 valence electrons. The van der Waals surface area contributed by atoms with Crippen LogP contribution in [0.2, 0.25) is 5.02 Å². The lowest BCUT2D eigenvalue weighted by Gasteiger charge is -2.12. The van der Waals surface area contributed by atoms with Gasteiger partial charge in [-0.3, -0.25) is 19.7 Å². The highest BCUT2D eigenvalue weighted by Gasteiger charge is 2.25. The van der Waals surface area contributed by atoms with Gasteiger partial charge in [0.1, 0.15) is 11.5 Å². The summed E-state index contributed by atoms with van der Waals surface area (Å²) in [5.41, 5.74) is 1.000. The lowest BCUT2D eigenvalue weighted by atomic mass is 10.2. The first-order valence-electron chi connectivity index (χ1n) is 8.06. The highest BCUT2D eigenvalue weighted by molar-refractivity contribution is 8.18. The summed E-state index contributed by atoms with van der Waals surface area (Å²) in [6.45, 7) is -0.270. The van der Waals surface area contributed by atoms with E-state index in [2.05, 4.69) is 10.6 Å². The van der Waals surface area contributed by atoms with Gasteiger partial charge in [-0.25, -0.2) is 0 Å². The van der Waals surface area contributed by atoms with Crippen molar-refractivity contribution < 1.29 is 23.9 Å². The molecule has 0 radical (unpaired) electrons. The SMILES string of the molecule is COc1ccccc1NC(=O)COc1ccc(Cl)cc1/C=C1\SC(=O)NC1=O. The predicted molar refractivity (Wildman–Crippen MR) is 108 cm³/mol. The van der Waals surface area contributed by atoms with E-state index in [1.54, 1.807) is 42.5 Å². The summed E-state index contributed by atoms with van der Waals surface area (Å²) in [5, 5.41) is 4.86. The zero-order valence-corrected chi connectivity index (χ0v) is 16.2. The second kappa shape index (κ2) is 8.81. The second-order valence-corrected chi connectivity index (χ2v) is 7.02. The minimum atomic E-state index is -0.491. The number of benzene rings is 2. The number of anilines is 1. The topological polar surface area (TPSA) is 93.7 Å². The first kappa shape index (κ1) is 19.8. The largest absolute Gasteiger partial charge is 0.495 e. The number of nitrogens with one attached hydrogen (secondary N) is 2. The van der Waals surface area contributed by atoms with Gasteiger partial charge in [-0.15, -0.1) is 0 Å².